The summed E-state index contributed by atoms with van der Waals surface area (Å²) in [5.41, 5.74) is 0.390. The second-order valence-electron chi connectivity index (χ2n) is 3.81. The quantitative estimate of drug-likeness (QED) is 0.513. The Bertz CT molecular complexity index is 566. The fourth-order valence-corrected chi connectivity index (χ4v) is 3.26. The zero-order chi connectivity index (χ0) is 13.3. The number of thiophene rings is 1. The molecule has 0 fully saturated rings. The lowest BCUT2D eigenvalue weighted by Crippen LogP contribution is -1.95. The Morgan fingerprint density at radius 1 is 1.22 bits per heavy atom. The monoisotopic (exact) mass is 306 g/mol. The molecule has 0 aliphatic rings. The highest BCUT2D eigenvalue weighted by Crippen LogP contribution is 2.38. The Labute approximate surface area is 118 Å². The van der Waals surface area contributed by atoms with Gasteiger partial charge in [0.1, 0.15) is 0 Å². The second kappa shape index (κ2) is 5.55. The normalized spacial score (nSPS) is 12.7. The van der Waals surface area contributed by atoms with Crippen LogP contribution in [0.5, 0.6) is 0 Å². The number of rotatable bonds is 3. The molecule has 18 heavy (non-hydrogen) atoms. The lowest BCUT2D eigenvalue weighted by atomic mass is 10.1. The molecular weight excluding hydrogens is 297 g/mol. The number of aryl methyl sites for hydroxylation is 1. The Morgan fingerprint density at radius 3 is 2.50 bits per heavy atom. The number of hydrogen-bond acceptors (Lipinski definition) is 1. The molecule has 0 nitrogen and oxygen atoms in total. The van der Waals surface area contributed by atoms with Crippen molar-refractivity contribution in [3.05, 3.63) is 56.2 Å². The predicted octanol–water partition coefficient (Wildman–Crippen LogP) is 5.57. The van der Waals surface area contributed by atoms with Crippen LogP contribution in [-0.2, 0) is 6.42 Å². The van der Waals surface area contributed by atoms with E-state index in [4.69, 9.17) is 23.2 Å². The molecule has 0 saturated carbocycles. The smallest absolute Gasteiger partial charge is 0.160 e. The third kappa shape index (κ3) is 2.68. The number of halogens is 4. The first-order valence-corrected chi connectivity index (χ1v) is 7.03. The molecule has 5 heteroatoms. The zero-order valence-corrected chi connectivity index (χ0v) is 11.8. The SMILES string of the molecule is CCc1ccc(C(Cl)c2cc(F)c(F)cc2Cl)s1. The fraction of sp³-hybridized carbons (Fsp3) is 0.231. The van der Waals surface area contributed by atoms with Crippen LogP contribution < -0.4 is 0 Å². The van der Waals surface area contributed by atoms with Gasteiger partial charge in [-0.3, -0.25) is 0 Å². The van der Waals surface area contributed by atoms with E-state index in [0.717, 1.165) is 23.4 Å². The van der Waals surface area contributed by atoms with E-state index in [-0.39, 0.29) is 5.02 Å². The van der Waals surface area contributed by atoms with Crippen LogP contribution in [-0.4, -0.2) is 0 Å². The summed E-state index contributed by atoms with van der Waals surface area (Å²) in [4.78, 5) is 2.07. The molecular formula is C13H10Cl2F2S. The lowest BCUT2D eigenvalue weighted by molar-refractivity contribution is 0.507. The van der Waals surface area contributed by atoms with Crippen molar-refractivity contribution in [1.82, 2.24) is 0 Å². The largest absolute Gasteiger partial charge is 0.204 e. The molecule has 0 aliphatic carbocycles. The molecule has 1 unspecified atom stereocenters. The fourth-order valence-electron chi connectivity index (χ4n) is 1.61. The van der Waals surface area contributed by atoms with E-state index in [1.165, 1.54) is 4.88 Å². The van der Waals surface area contributed by atoms with Crippen molar-refractivity contribution in [2.45, 2.75) is 18.7 Å². The summed E-state index contributed by atoms with van der Waals surface area (Å²) in [6.07, 6.45) is 0.916. The molecule has 1 heterocycles. The van der Waals surface area contributed by atoms with Gasteiger partial charge in [-0.15, -0.1) is 22.9 Å². The molecule has 1 atom stereocenters. The highest BCUT2D eigenvalue weighted by atomic mass is 35.5. The van der Waals surface area contributed by atoms with Gasteiger partial charge in [0, 0.05) is 14.8 Å². The molecule has 0 radical (unpaired) electrons. The summed E-state index contributed by atoms with van der Waals surface area (Å²) in [6.45, 7) is 2.05. The topological polar surface area (TPSA) is 0 Å². The van der Waals surface area contributed by atoms with E-state index in [1.54, 1.807) is 11.3 Å². The number of hydrogen-bond donors (Lipinski definition) is 0. The van der Waals surface area contributed by atoms with Gasteiger partial charge in [0.2, 0.25) is 0 Å². The van der Waals surface area contributed by atoms with E-state index >= 15 is 0 Å². The summed E-state index contributed by atoms with van der Waals surface area (Å²) in [5.74, 6) is -1.90. The molecule has 0 aliphatic heterocycles. The molecule has 0 spiro atoms. The van der Waals surface area contributed by atoms with Crippen LogP contribution in [0.25, 0.3) is 0 Å². The molecule has 0 amide bonds. The van der Waals surface area contributed by atoms with Crippen molar-refractivity contribution in [1.29, 1.82) is 0 Å². The molecule has 0 saturated heterocycles. The van der Waals surface area contributed by atoms with Crippen LogP contribution in [0.4, 0.5) is 8.78 Å². The molecule has 0 N–H and O–H groups in total. The van der Waals surface area contributed by atoms with Crippen molar-refractivity contribution in [2.75, 3.05) is 0 Å². The van der Waals surface area contributed by atoms with Crippen LogP contribution in [0.2, 0.25) is 5.02 Å². The first-order valence-electron chi connectivity index (χ1n) is 5.40. The molecule has 2 rings (SSSR count). The van der Waals surface area contributed by atoms with Crippen LogP contribution in [0.15, 0.2) is 24.3 Å². The highest BCUT2D eigenvalue weighted by molar-refractivity contribution is 7.12. The Balaban J connectivity index is 2.39. The minimum atomic E-state index is -0.965. The summed E-state index contributed by atoms with van der Waals surface area (Å²) in [7, 11) is 0. The minimum absolute atomic E-state index is 0.139. The van der Waals surface area contributed by atoms with Gasteiger partial charge < -0.3 is 0 Å². The maximum absolute atomic E-state index is 13.2. The summed E-state index contributed by atoms with van der Waals surface area (Å²) in [6, 6.07) is 5.87. The molecule has 1 aromatic heterocycles. The first-order chi connectivity index (χ1) is 8.52. The van der Waals surface area contributed by atoms with Crippen molar-refractivity contribution in [3.8, 4) is 0 Å². The highest BCUT2D eigenvalue weighted by Gasteiger charge is 2.19. The maximum Gasteiger partial charge on any atom is 0.160 e. The van der Waals surface area contributed by atoms with E-state index in [0.29, 0.717) is 5.56 Å². The van der Waals surface area contributed by atoms with Crippen LogP contribution in [0.1, 0.15) is 27.6 Å². The summed E-state index contributed by atoms with van der Waals surface area (Å²) >= 11 is 13.7. The van der Waals surface area contributed by atoms with Gasteiger partial charge in [-0.05, 0) is 36.2 Å². The van der Waals surface area contributed by atoms with E-state index in [9.17, 15) is 8.78 Å². The van der Waals surface area contributed by atoms with Gasteiger partial charge in [0.25, 0.3) is 0 Å². The Kier molecular flexibility index (Phi) is 4.25. The standard InChI is InChI=1S/C13H10Cl2F2S/c1-2-7-3-4-12(18-7)13(15)8-5-10(16)11(17)6-9(8)14/h3-6,13H,2H2,1H3. The average Bonchev–Trinajstić information content (AvgIpc) is 2.81. The zero-order valence-electron chi connectivity index (χ0n) is 9.51. The molecule has 0 bridgehead atoms. The summed E-state index contributed by atoms with van der Waals surface area (Å²) in [5, 5.41) is -0.418. The lowest BCUT2D eigenvalue weighted by Gasteiger charge is -2.10. The number of alkyl halides is 1. The van der Waals surface area contributed by atoms with Gasteiger partial charge >= 0.3 is 0 Å². The van der Waals surface area contributed by atoms with E-state index in [1.807, 2.05) is 19.1 Å². The van der Waals surface area contributed by atoms with Crippen molar-refractivity contribution >= 4 is 34.5 Å². The third-order valence-corrected chi connectivity index (χ3v) is 4.81. The molecule has 1 aromatic carbocycles. The van der Waals surface area contributed by atoms with Gasteiger partial charge in [0.05, 0.1) is 5.38 Å². The van der Waals surface area contributed by atoms with Gasteiger partial charge in [-0.2, -0.15) is 0 Å². The predicted molar refractivity (Wildman–Crippen MR) is 72.8 cm³/mol. The van der Waals surface area contributed by atoms with Crippen LogP contribution in [0, 0.1) is 11.6 Å². The van der Waals surface area contributed by atoms with E-state index in [2.05, 4.69) is 0 Å². The number of benzene rings is 1. The summed E-state index contributed by atoms with van der Waals surface area (Å²) < 4.78 is 26.2. The average molecular weight is 307 g/mol. The van der Waals surface area contributed by atoms with Crippen molar-refractivity contribution in [3.63, 3.8) is 0 Å². The Hall–Kier alpha value is -0.640. The molecule has 96 valence electrons. The first kappa shape index (κ1) is 13.8. The maximum atomic E-state index is 13.2. The van der Waals surface area contributed by atoms with Gasteiger partial charge in [-0.1, -0.05) is 18.5 Å². The van der Waals surface area contributed by atoms with Gasteiger partial charge in [-0.25, -0.2) is 8.78 Å². The molecule has 2 aromatic rings. The van der Waals surface area contributed by atoms with E-state index < -0.39 is 17.0 Å². The second-order valence-corrected chi connectivity index (χ2v) is 5.85. The van der Waals surface area contributed by atoms with Gasteiger partial charge in [0.15, 0.2) is 11.6 Å². The third-order valence-electron chi connectivity index (χ3n) is 2.59. The van der Waals surface area contributed by atoms with Crippen molar-refractivity contribution in [2.24, 2.45) is 0 Å². The van der Waals surface area contributed by atoms with Crippen molar-refractivity contribution < 1.29 is 8.78 Å². The Morgan fingerprint density at radius 2 is 1.89 bits per heavy atom. The van der Waals surface area contributed by atoms with Crippen LogP contribution >= 0.6 is 34.5 Å². The minimum Gasteiger partial charge on any atom is -0.204 e. The van der Waals surface area contributed by atoms with Crippen LogP contribution in [0.3, 0.4) is 0 Å².